The summed E-state index contributed by atoms with van der Waals surface area (Å²) in [4.78, 5) is 6.46. The van der Waals surface area contributed by atoms with Gasteiger partial charge in [-0.2, -0.15) is 0 Å². The Kier molecular flexibility index (Phi) is 3.62. The van der Waals surface area contributed by atoms with E-state index in [1.807, 2.05) is 40.2 Å². The summed E-state index contributed by atoms with van der Waals surface area (Å²) < 4.78 is 7.03. The van der Waals surface area contributed by atoms with Crippen LogP contribution in [-0.4, -0.2) is 27.9 Å². The largest absolute Gasteiger partial charge is 0.497 e. The van der Waals surface area contributed by atoms with Crippen LogP contribution in [0.1, 0.15) is 5.69 Å². The van der Waals surface area contributed by atoms with Gasteiger partial charge in [0.2, 0.25) is 0 Å². The van der Waals surface area contributed by atoms with Crippen molar-refractivity contribution in [2.45, 2.75) is 9.92 Å². The summed E-state index contributed by atoms with van der Waals surface area (Å²) >= 11 is 3.06. The Labute approximate surface area is 123 Å². The Morgan fingerprint density at radius 1 is 1.40 bits per heavy atom. The average Bonchev–Trinajstić information content (AvgIpc) is 3.03. The highest BCUT2D eigenvalue weighted by molar-refractivity contribution is 7.99. The molecule has 2 aromatic heterocycles. The maximum absolute atomic E-state index is 8.80. The first-order valence-electron chi connectivity index (χ1n) is 5.76. The Morgan fingerprint density at radius 2 is 2.20 bits per heavy atom. The number of hydrogen-bond donors (Lipinski definition) is 1. The highest BCUT2D eigenvalue weighted by Crippen LogP contribution is 2.31. The molecule has 0 spiro atoms. The lowest BCUT2D eigenvalue weighted by molar-refractivity contribution is 0.321. The Hall–Kier alpha value is -1.99. The van der Waals surface area contributed by atoms with E-state index in [4.69, 9.17) is 9.94 Å². The van der Waals surface area contributed by atoms with Crippen LogP contribution in [0.3, 0.4) is 0 Å². The Balaban J connectivity index is 1.96. The van der Waals surface area contributed by atoms with E-state index >= 15 is 0 Å². The van der Waals surface area contributed by atoms with Crippen LogP contribution >= 0.6 is 23.1 Å². The number of rotatable bonds is 4. The second-order valence-electron chi connectivity index (χ2n) is 3.88. The molecule has 1 aromatic carbocycles. The second-order valence-corrected chi connectivity index (χ2v) is 5.82. The molecular formula is C13H11N3O2S2. The number of aromatic nitrogens is 2. The third-order valence-electron chi connectivity index (χ3n) is 2.72. The van der Waals surface area contributed by atoms with E-state index in [9.17, 15) is 0 Å². The minimum atomic E-state index is 0.768. The minimum absolute atomic E-state index is 0.768. The van der Waals surface area contributed by atoms with E-state index in [1.165, 1.54) is 18.0 Å². The predicted molar refractivity (Wildman–Crippen MR) is 79.6 cm³/mol. The lowest BCUT2D eigenvalue weighted by Crippen LogP contribution is -1.89. The van der Waals surface area contributed by atoms with E-state index in [2.05, 4.69) is 10.1 Å². The zero-order chi connectivity index (χ0) is 13.9. The number of oxime groups is 1. The molecule has 7 heteroatoms. The van der Waals surface area contributed by atoms with E-state index in [1.54, 1.807) is 18.4 Å². The zero-order valence-electron chi connectivity index (χ0n) is 10.6. The van der Waals surface area contributed by atoms with Gasteiger partial charge in [0.15, 0.2) is 4.96 Å². The molecule has 3 rings (SSSR count). The van der Waals surface area contributed by atoms with Crippen molar-refractivity contribution in [3.8, 4) is 5.75 Å². The molecule has 0 aliphatic rings. The van der Waals surface area contributed by atoms with Crippen molar-refractivity contribution in [3.63, 3.8) is 0 Å². The maximum Gasteiger partial charge on any atom is 0.195 e. The van der Waals surface area contributed by atoms with E-state index < -0.39 is 0 Å². The van der Waals surface area contributed by atoms with Gasteiger partial charge in [0, 0.05) is 16.5 Å². The lowest BCUT2D eigenvalue weighted by atomic mass is 10.3. The summed E-state index contributed by atoms with van der Waals surface area (Å²) in [7, 11) is 1.64. The molecule has 2 heterocycles. The molecule has 102 valence electrons. The fraction of sp³-hybridized carbons (Fsp3) is 0.0769. The van der Waals surface area contributed by atoms with Gasteiger partial charge in [-0.05, 0) is 24.3 Å². The normalized spacial score (nSPS) is 11.4. The SMILES string of the molecule is COc1ccc(Sc2nc3sccn3c2/C=N\O)cc1. The highest BCUT2D eigenvalue weighted by Gasteiger charge is 2.13. The second kappa shape index (κ2) is 5.56. The molecule has 0 fully saturated rings. The summed E-state index contributed by atoms with van der Waals surface area (Å²) in [6.45, 7) is 0. The molecule has 0 unspecified atom stereocenters. The van der Waals surface area contributed by atoms with Gasteiger partial charge in [-0.1, -0.05) is 16.9 Å². The third kappa shape index (κ3) is 2.37. The standard InChI is InChI=1S/C13H11N3O2S2/c1-18-9-2-4-10(5-3-9)20-12-11(8-14-17)16-6-7-19-13(16)15-12/h2-8,17H,1H3/b14-8-. The molecule has 0 saturated carbocycles. The molecule has 0 aliphatic heterocycles. The molecular weight excluding hydrogens is 294 g/mol. The zero-order valence-corrected chi connectivity index (χ0v) is 12.2. The number of hydrogen-bond acceptors (Lipinski definition) is 6. The first-order valence-corrected chi connectivity index (χ1v) is 7.46. The monoisotopic (exact) mass is 305 g/mol. The molecule has 0 atom stereocenters. The van der Waals surface area contributed by atoms with Crippen molar-refractivity contribution in [3.05, 3.63) is 41.5 Å². The number of fused-ring (bicyclic) bond motifs is 1. The number of thiazole rings is 1. The molecule has 1 N–H and O–H groups in total. The summed E-state index contributed by atoms with van der Waals surface area (Å²) in [6.07, 6.45) is 3.31. The van der Waals surface area contributed by atoms with Crippen LogP contribution in [-0.2, 0) is 0 Å². The number of imidazole rings is 1. The predicted octanol–water partition coefficient (Wildman–Crippen LogP) is 3.36. The Morgan fingerprint density at radius 3 is 2.90 bits per heavy atom. The van der Waals surface area contributed by atoms with Crippen LogP contribution in [0.15, 0.2) is 50.9 Å². The van der Waals surface area contributed by atoms with Gasteiger partial charge in [-0.25, -0.2) is 4.98 Å². The molecule has 0 radical (unpaired) electrons. The quantitative estimate of drug-likeness (QED) is 0.456. The number of nitrogens with zero attached hydrogens (tertiary/aromatic N) is 3. The summed E-state index contributed by atoms with van der Waals surface area (Å²) in [5.41, 5.74) is 0.768. The lowest BCUT2D eigenvalue weighted by Gasteiger charge is -2.02. The smallest absolute Gasteiger partial charge is 0.195 e. The van der Waals surface area contributed by atoms with Crippen LogP contribution in [0, 0.1) is 0 Å². The van der Waals surface area contributed by atoms with Crippen molar-refractivity contribution in [1.82, 2.24) is 9.38 Å². The summed E-state index contributed by atoms with van der Waals surface area (Å²) in [5, 5.41) is 14.7. The first-order chi connectivity index (χ1) is 9.81. The van der Waals surface area contributed by atoms with Crippen molar-refractivity contribution in [2.75, 3.05) is 7.11 Å². The summed E-state index contributed by atoms with van der Waals surface area (Å²) in [6, 6.07) is 7.74. The van der Waals surface area contributed by atoms with Crippen LogP contribution in [0.4, 0.5) is 0 Å². The van der Waals surface area contributed by atoms with Gasteiger partial charge in [0.1, 0.15) is 16.5 Å². The van der Waals surface area contributed by atoms with E-state index in [0.717, 1.165) is 26.3 Å². The van der Waals surface area contributed by atoms with Gasteiger partial charge in [-0.15, -0.1) is 11.3 Å². The van der Waals surface area contributed by atoms with Crippen molar-refractivity contribution >= 4 is 34.3 Å². The van der Waals surface area contributed by atoms with E-state index in [-0.39, 0.29) is 0 Å². The number of benzene rings is 1. The van der Waals surface area contributed by atoms with Crippen LogP contribution in [0.25, 0.3) is 4.96 Å². The number of ether oxygens (including phenoxy) is 1. The first kappa shape index (κ1) is 13.0. The van der Waals surface area contributed by atoms with Crippen LogP contribution < -0.4 is 4.74 Å². The molecule has 0 aliphatic carbocycles. The number of methoxy groups -OCH3 is 1. The van der Waals surface area contributed by atoms with Crippen molar-refractivity contribution in [2.24, 2.45) is 5.16 Å². The maximum atomic E-state index is 8.80. The molecule has 0 bridgehead atoms. The molecule has 20 heavy (non-hydrogen) atoms. The third-order valence-corrected chi connectivity index (χ3v) is 4.48. The average molecular weight is 305 g/mol. The van der Waals surface area contributed by atoms with Gasteiger partial charge in [0.05, 0.1) is 13.3 Å². The van der Waals surface area contributed by atoms with E-state index in [0.29, 0.717) is 0 Å². The van der Waals surface area contributed by atoms with Gasteiger partial charge in [0.25, 0.3) is 0 Å². The van der Waals surface area contributed by atoms with Gasteiger partial charge < -0.3 is 9.94 Å². The highest BCUT2D eigenvalue weighted by atomic mass is 32.2. The minimum Gasteiger partial charge on any atom is -0.497 e. The molecule has 0 amide bonds. The van der Waals surface area contributed by atoms with Crippen LogP contribution in [0.2, 0.25) is 0 Å². The molecule has 0 saturated heterocycles. The van der Waals surface area contributed by atoms with Gasteiger partial charge >= 0.3 is 0 Å². The summed E-state index contributed by atoms with van der Waals surface area (Å²) in [5.74, 6) is 0.817. The Bertz CT molecular complexity index is 747. The fourth-order valence-electron chi connectivity index (χ4n) is 1.79. The van der Waals surface area contributed by atoms with Crippen molar-refractivity contribution in [1.29, 1.82) is 0 Å². The molecule has 5 nitrogen and oxygen atoms in total. The van der Waals surface area contributed by atoms with Crippen LogP contribution in [0.5, 0.6) is 5.75 Å². The fourth-order valence-corrected chi connectivity index (χ4v) is 3.45. The molecule has 3 aromatic rings. The van der Waals surface area contributed by atoms with Crippen molar-refractivity contribution < 1.29 is 9.94 Å². The topological polar surface area (TPSA) is 59.1 Å². The van der Waals surface area contributed by atoms with Gasteiger partial charge in [-0.3, -0.25) is 4.40 Å².